The molecule has 132 valence electrons. The molecule has 1 amide bonds. The molecule has 0 spiro atoms. The van der Waals surface area contributed by atoms with Gasteiger partial charge in [0.15, 0.2) is 14.7 Å². The average Bonchev–Trinajstić information content (AvgIpc) is 2.84. The van der Waals surface area contributed by atoms with Crippen molar-refractivity contribution < 1.29 is 13.7 Å². The van der Waals surface area contributed by atoms with Gasteiger partial charge in [0, 0.05) is 13.3 Å². The maximum Gasteiger partial charge on any atom is 0.408 e. The van der Waals surface area contributed by atoms with Crippen molar-refractivity contribution >= 4 is 38.6 Å². The molecule has 1 N–H and O–H groups in total. The van der Waals surface area contributed by atoms with Crippen LogP contribution in [0.2, 0.25) is 0 Å². The van der Waals surface area contributed by atoms with E-state index in [-0.39, 0.29) is 11.1 Å². The Morgan fingerprint density at radius 2 is 2.00 bits per heavy atom. The minimum absolute atomic E-state index is 0.181. The largest absolute Gasteiger partial charge is 0.444 e. The zero-order valence-electron chi connectivity index (χ0n) is 14.4. The highest BCUT2D eigenvalue weighted by Crippen LogP contribution is 2.21. The van der Waals surface area contributed by atoms with E-state index >= 15 is 0 Å². The highest BCUT2D eigenvalue weighted by Gasteiger charge is 2.22. The second-order valence-electron chi connectivity index (χ2n) is 6.29. The van der Waals surface area contributed by atoms with E-state index in [1.807, 2.05) is 0 Å². The van der Waals surface area contributed by atoms with Crippen molar-refractivity contribution in [2.24, 2.45) is 7.05 Å². The second-order valence-corrected chi connectivity index (χ2v) is 8.82. The van der Waals surface area contributed by atoms with Crippen molar-refractivity contribution in [2.45, 2.75) is 43.7 Å². The zero-order chi connectivity index (χ0) is 18.2. The molecule has 10 heteroatoms. The molecule has 2 atom stereocenters. The molecule has 1 unspecified atom stereocenters. The van der Waals surface area contributed by atoms with Crippen LogP contribution in [0.1, 0.15) is 39.6 Å². The Morgan fingerprint density at radius 1 is 1.38 bits per heavy atom. The molecule has 0 aliphatic carbocycles. The number of hydrogen-bond donors (Lipinski definition) is 1. The summed E-state index contributed by atoms with van der Waals surface area (Å²) < 4.78 is 18.4. The number of nitrogens with one attached hydrogen (secondary N) is 1. The van der Waals surface area contributed by atoms with Gasteiger partial charge >= 0.3 is 6.09 Å². The number of alkyl carbamates (subject to hydrolysis) is 1. The van der Waals surface area contributed by atoms with Crippen molar-refractivity contribution in [2.75, 3.05) is 6.26 Å². The number of fused-ring (bicyclic) bond motifs is 1. The van der Waals surface area contributed by atoms with Crippen LogP contribution in [0.4, 0.5) is 4.79 Å². The quantitative estimate of drug-likeness (QED) is 0.880. The van der Waals surface area contributed by atoms with Crippen molar-refractivity contribution in [3.05, 3.63) is 16.2 Å². The Labute approximate surface area is 145 Å². The van der Waals surface area contributed by atoms with Crippen molar-refractivity contribution in [3.8, 4) is 0 Å². The van der Waals surface area contributed by atoms with Crippen LogP contribution >= 0.6 is 11.3 Å². The van der Waals surface area contributed by atoms with Crippen LogP contribution in [0.5, 0.6) is 0 Å². The molecule has 24 heavy (non-hydrogen) atoms. The number of nitrogens with zero attached hydrogens (tertiary/aromatic N) is 3. The molecular formula is C14H20N4O4S2. The fourth-order valence-corrected chi connectivity index (χ4v) is 3.61. The lowest BCUT2D eigenvalue weighted by Gasteiger charge is -2.22. The maximum absolute atomic E-state index is 12.4. The summed E-state index contributed by atoms with van der Waals surface area (Å²) in [5.41, 5.74) is -0.785. The zero-order valence-corrected chi connectivity index (χ0v) is 16.0. The first-order valence-corrected chi connectivity index (χ1v) is 9.57. The Morgan fingerprint density at radius 3 is 2.54 bits per heavy atom. The lowest BCUT2D eigenvalue weighted by atomic mass is 10.2. The third kappa shape index (κ3) is 3.99. The topological polar surface area (TPSA) is 103 Å². The van der Waals surface area contributed by atoms with Crippen molar-refractivity contribution in [1.29, 1.82) is 0 Å². The number of hydrogen-bond acceptors (Lipinski definition) is 7. The van der Waals surface area contributed by atoms with Gasteiger partial charge < -0.3 is 10.1 Å². The summed E-state index contributed by atoms with van der Waals surface area (Å²) in [6, 6.07) is -0.542. The van der Waals surface area contributed by atoms with Crippen LogP contribution < -0.4 is 10.9 Å². The van der Waals surface area contributed by atoms with E-state index < -0.39 is 28.5 Å². The third-order valence-electron chi connectivity index (χ3n) is 3.02. The lowest BCUT2D eigenvalue weighted by Crippen LogP contribution is -2.36. The normalized spacial score (nSPS) is 14.4. The first-order chi connectivity index (χ1) is 11.0. The van der Waals surface area contributed by atoms with Gasteiger partial charge in [-0.15, -0.1) is 0 Å². The van der Waals surface area contributed by atoms with Gasteiger partial charge in [-0.2, -0.15) is 0 Å². The molecule has 0 aromatic carbocycles. The first-order valence-electron chi connectivity index (χ1n) is 7.20. The number of thiazole rings is 1. The highest BCUT2D eigenvalue weighted by atomic mass is 32.2. The summed E-state index contributed by atoms with van der Waals surface area (Å²) in [5.74, 6) is 0.371. The van der Waals surface area contributed by atoms with Crippen molar-refractivity contribution in [3.63, 3.8) is 0 Å². The molecule has 0 saturated heterocycles. The van der Waals surface area contributed by atoms with Crippen LogP contribution in [-0.4, -0.2) is 36.7 Å². The average molecular weight is 372 g/mol. The van der Waals surface area contributed by atoms with E-state index in [9.17, 15) is 13.8 Å². The van der Waals surface area contributed by atoms with Gasteiger partial charge in [-0.05, 0) is 27.7 Å². The van der Waals surface area contributed by atoms with Gasteiger partial charge in [0.2, 0.25) is 0 Å². The molecule has 0 aliphatic heterocycles. The van der Waals surface area contributed by atoms with Crippen LogP contribution in [0.3, 0.4) is 0 Å². The van der Waals surface area contributed by atoms with Crippen molar-refractivity contribution in [1.82, 2.24) is 19.9 Å². The smallest absolute Gasteiger partial charge is 0.408 e. The van der Waals surface area contributed by atoms with Gasteiger partial charge in [0.25, 0.3) is 5.56 Å². The van der Waals surface area contributed by atoms with Crippen LogP contribution in [0.25, 0.3) is 10.3 Å². The summed E-state index contributed by atoms with van der Waals surface area (Å²) in [6.07, 6.45) is 0.902. The number of carbonyl (C=O) groups is 1. The van der Waals surface area contributed by atoms with E-state index in [1.165, 1.54) is 10.8 Å². The number of amides is 1. The summed E-state index contributed by atoms with van der Waals surface area (Å²) >= 11 is 1.11. The molecule has 0 aliphatic rings. The Bertz CT molecular complexity index is 866. The van der Waals surface area contributed by atoms with Crippen LogP contribution in [-0.2, 0) is 22.6 Å². The molecule has 8 nitrogen and oxygen atoms in total. The number of rotatable bonds is 3. The van der Waals surface area contributed by atoms with E-state index in [2.05, 4.69) is 15.3 Å². The second kappa shape index (κ2) is 6.60. The molecule has 2 rings (SSSR count). The number of aromatic nitrogens is 3. The number of carbonyl (C=O) groups excluding carboxylic acids is 1. The SMILES string of the molecule is C[C@H](NC(=O)OC(C)(C)C)c1nc2sc(S(C)=O)nc2c(=O)n1C. The predicted octanol–water partition coefficient (Wildman–Crippen LogP) is 1.71. The molecule has 2 heterocycles. The molecule has 0 radical (unpaired) electrons. The van der Waals surface area contributed by atoms with E-state index in [0.29, 0.717) is 15.0 Å². The fraction of sp³-hybridized carbons (Fsp3) is 0.571. The summed E-state index contributed by atoms with van der Waals surface area (Å²) in [4.78, 5) is 33.2. The first kappa shape index (κ1) is 18.5. The standard InChI is InChI=1S/C14H20N4O4S2/c1-7(15-12(20)22-14(2,3)4)9-17-10-8(11(19)18(9)5)16-13(23-10)24(6)21/h7H,1-6H3,(H,15,20)/t7-,24?/m0/s1. The molecule has 0 bridgehead atoms. The van der Waals surface area contributed by atoms with E-state index in [0.717, 1.165) is 11.3 Å². The van der Waals surface area contributed by atoms with Gasteiger partial charge in [0.05, 0.1) is 16.8 Å². The molecule has 2 aromatic rings. The molecule has 2 aromatic heterocycles. The summed E-state index contributed by atoms with van der Waals surface area (Å²) in [6.45, 7) is 7.00. The summed E-state index contributed by atoms with van der Waals surface area (Å²) in [7, 11) is 0.270. The minimum atomic E-state index is -1.28. The van der Waals surface area contributed by atoms with Gasteiger partial charge in [0.1, 0.15) is 11.4 Å². The fourth-order valence-electron chi connectivity index (χ4n) is 2.01. The highest BCUT2D eigenvalue weighted by molar-refractivity contribution is 7.86. The maximum atomic E-state index is 12.4. The summed E-state index contributed by atoms with van der Waals surface area (Å²) in [5, 5.41) is 2.66. The minimum Gasteiger partial charge on any atom is -0.444 e. The Kier molecular flexibility index (Phi) is 5.09. The number of ether oxygens (including phenoxy) is 1. The van der Waals surface area contributed by atoms with Gasteiger partial charge in [-0.25, -0.2) is 14.8 Å². The third-order valence-corrected chi connectivity index (χ3v) is 5.30. The Balaban J connectivity index is 2.38. The Hall–Kier alpha value is -1.81. The van der Waals surface area contributed by atoms with Gasteiger partial charge in [-0.1, -0.05) is 11.3 Å². The predicted molar refractivity (Wildman–Crippen MR) is 92.8 cm³/mol. The van der Waals surface area contributed by atoms with Crippen LogP contribution in [0, 0.1) is 0 Å². The monoisotopic (exact) mass is 372 g/mol. The molecule has 0 fully saturated rings. The van der Waals surface area contributed by atoms with Gasteiger partial charge in [-0.3, -0.25) is 13.6 Å². The van der Waals surface area contributed by atoms with E-state index in [4.69, 9.17) is 4.74 Å². The van der Waals surface area contributed by atoms with E-state index in [1.54, 1.807) is 34.7 Å². The molecular weight excluding hydrogens is 352 g/mol. The van der Waals surface area contributed by atoms with Crippen LogP contribution in [0.15, 0.2) is 9.13 Å². The lowest BCUT2D eigenvalue weighted by molar-refractivity contribution is 0.0505. The molecule has 0 saturated carbocycles.